The standard InChI is InChI=1S/C13H17N3OS2/c1-3-4-5-6-10-15-16-13(19-10)14-12(17)11-9(2)7-8-18-11/h7-8H,3-6H2,1-2H3,(H,14,16,17). The third kappa shape index (κ3) is 3.84. The van der Waals surface area contributed by atoms with Crippen LogP contribution in [0.1, 0.15) is 46.4 Å². The Morgan fingerprint density at radius 3 is 2.89 bits per heavy atom. The zero-order valence-corrected chi connectivity index (χ0v) is 12.7. The van der Waals surface area contributed by atoms with Crippen molar-refractivity contribution in [2.24, 2.45) is 0 Å². The van der Waals surface area contributed by atoms with E-state index < -0.39 is 0 Å². The summed E-state index contributed by atoms with van der Waals surface area (Å²) in [7, 11) is 0. The molecular formula is C13H17N3OS2. The van der Waals surface area contributed by atoms with Crippen LogP contribution in [0.25, 0.3) is 0 Å². The Hall–Kier alpha value is -1.27. The van der Waals surface area contributed by atoms with Gasteiger partial charge in [-0.1, -0.05) is 31.1 Å². The van der Waals surface area contributed by atoms with Gasteiger partial charge in [0.25, 0.3) is 5.91 Å². The number of nitrogens with zero attached hydrogens (tertiary/aromatic N) is 2. The number of hydrogen-bond acceptors (Lipinski definition) is 5. The smallest absolute Gasteiger partial charge is 0.267 e. The minimum absolute atomic E-state index is 0.0937. The van der Waals surface area contributed by atoms with Gasteiger partial charge < -0.3 is 0 Å². The molecule has 0 aliphatic carbocycles. The van der Waals surface area contributed by atoms with Gasteiger partial charge in [-0.2, -0.15) is 0 Å². The molecule has 2 heterocycles. The van der Waals surface area contributed by atoms with Crippen LogP contribution in [0.4, 0.5) is 5.13 Å². The van der Waals surface area contributed by atoms with Gasteiger partial charge >= 0.3 is 0 Å². The summed E-state index contributed by atoms with van der Waals surface area (Å²) in [6.07, 6.45) is 4.47. The first-order chi connectivity index (χ1) is 9.20. The maximum Gasteiger partial charge on any atom is 0.267 e. The third-order valence-corrected chi connectivity index (χ3v) is 4.66. The van der Waals surface area contributed by atoms with Crippen molar-refractivity contribution in [1.82, 2.24) is 10.2 Å². The first kappa shape index (κ1) is 14.1. The molecule has 102 valence electrons. The molecule has 6 heteroatoms. The zero-order valence-electron chi connectivity index (χ0n) is 11.1. The van der Waals surface area contributed by atoms with E-state index in [0.29, 0.717) is 5.13 Å². The van der Waals surface area contributed by atoms with E-state index in [1.807, 2.05) is 18.4 Å². The van der Waals surface area contributed by atoms with Crippen LogP contribution in [0.5, 0.6) is 0 Å². The molecule has 2 rings (SSSR count). The normalized spacial score (nSPS) is 10.6. The predicted octanol–water partition coefficient (Wildman–Crippen LogP) is 3.89. The van der Waals surface area contributed by atoms with Gasteiger partial charge in [0.2, 0.25) is 5.13 Å². The lowest BCUT2D eigenvalue weighted by molar-refractivity contribution is 0.103. The van der Waals surface area contributed by atoms with Crippen molar-refractivity contribution >= 4 is 33.7 Å². The van der Waals surface area contributed by atoms with E-state index in [1.54, 1.807) is 0 Å². The molecule has 4 nitrogen and oxygen atoms in total. The zero-order chi connectivity index (χ0) is 13.7. The van der Waals surface area contributed by atoms with E-state index in [0.717, 1.165) is 28.3 Å². The van der Waals surface area contributed by atoms with Crippen LogP contribution in [-0.2, 0) is 6.42 Å². The van der Waals surface area contributed by atoms with Gasteiger partial charge in [-0.25, -0.2) is 0 Å². The molecule has 2 aromatic heterocycles. The molecule has 0 aliphatic heterocycles. The number of carbonyl (C=O) groups excluding carboxylic acids is 1. The number of thiophene rings is 1. The van der Waals surface area contributed by atoms with E-state index >= 15 is 0 Å². The van der Waals surface area contributed by atoms with Crippen LogP contribution in [0.15, 0.2) is 11.4 Å². The summed E-state index contributed by atoms with van der Waals surface area (Å²) >= 11 is 2.91. The molecule has 0 aliphatic rings. The number of aryl methyl sites for hydroxylation is 2. The van der Waals surface area contributed by atoms with Crippen LogP contribution in [-0.4, -0.2) is 16.1 Å². The summed E-state index contributed by atoms with van der Waals surface area (Å²) < 4.78 is 0. The Morgan fingerprint density at radius 1 is 1.37 bits per heavy atom. The number of anilines is 1. The van der Waals surface area contributed by atoms with Crippen molar-refractivity contribution in [3.05, 3.63) is 26.9 Å². The van der Waals surface area contributed by atoms with Gasteiger partial charge in [-0.05, 0) is 30.4 Å². The molecule has 2 aromatic rings. The number of amides is 1. The van der Waals surface area contributed by atoms with E-state index in [1.165, 1.54) is 35.5 Å². The van der Waals surface area contributed by atoms with Gasteiger partial charge in [0.15, 0.2) is 0 Å². The summed E-state index contributed by atoms with van der Waals surface area (Å²) in [5.74, 6) is -0.0937. The van der Waals surface area contributed by atoms with Crippen molar-refractivity contribution < 1.29 is 4.79 Å². The van der Waals surface area contributed by atoms with Crippen molar-refractivity contribution in [2.75, 3.05) is 5.32 Å². The highest BCUT2D eigenvalue weighted by Gasteiger charge is 2.13. The first-order valence-corrected chi connectivity index (χ1v) is 8.08. The fourth-order valence-electron chi connectivity index (χ4n) is 1.69. The highest BCUT2D eigenvalue weighted by molar-refractivity contribution is 7.15. The molecule has 0 bridgehead atoms. The fourth-order valence-corrected chi connectivity index (χ4v) is 3.29. The SMILES string of the molecule is CCCCCc1nnc(NC(=O)c2sccc2C)s1. The summed E-state index contributed by atoms with van der Waals surface area (Å²) in [6, 6.07) is 1.94. The van der Waals surface area contributed by atoms with Gasteiger partial charge in [-0.3, -0.25) is 10.1 Å². The van der Waals surface area contributed by atoms with E-state index in [9.17, 15) is 4.79 Å². The molecule has 0 aromatic carbocycles. The molecule has 1 amide bonds. The average Bonchev–Trinajstić information content (AvgIpc) is 2.99. The van der Waals surface area contributed by atoms with Crippen LogP contribution >= 0.6 is 22.7 Å². The van der Waals surface area contributed by atoms with Crippen LogP contribution in [0.2, 0.25) is 0 Å². The van der Waals surface area contributed by atoms with Gasteiger partial charge in [-0.15, -0.1) is 21.5 Å². The Balaban J connectivity index is 1.93. The molecule has 0 spiro atoms. The summed E-state index contributed by atoms with van der Waals surface area (Å²) in [5, 5.41) is 14.4. The minimum Gasteiger partial charge on any atom is -0.296 e. The third-order valence-electron chi connectivity index (χ3n) is 2.75. The summed E-state index contributed by atoms with van der Waals surface area (Å²) in [4.78, 5) is 12.7. The van der Waals surface area contributed by atoms with Crippen LogP contribution < -0.4 is 5.32 Å². The molecule has 0 saturated carbocycles. The number of nitrogens with one attached hydrogen (secondary N) is 1. The number of unbranched alkanes of at least 4 members (excludes halogenated alkanes) is 2. The number of carbonyl (C=O) groups is 1. The monoisotopic (exact) mass is 295 g/mol. The topological polar surface area (TPSA) is 54.9 Å². The maximum absolute atomic E-state index is 12.0. The minimum atomic E-state index is -0.0937. The second-order valence-electron chi connectivity index (χ2n) is 4.34. The van der Waals surface area contributed by atoms with Gasteiger partial charge in [0, 0.05) is 6.42 Å². The average molecular weight is 295 g/mol. The van der Waals surface area contributed by atoms with Crippen LogP contribution in [0.3, 0.4) is 0 Å². The molecule has 0 unspecified atom stereocenters. The lowest BCUT2D eigenvalue weighted by Crippen LogP contribution is -2.10. The molecule has 0 saturated heterocycles. The van der Waals surface area contributed by atoms with Crippen molar-refractivity contribution in [1.29, 1.82) is 0 Å². The number of rotatable bonds is 6. The molecule has 19 heavy (non-hydrogen) atoms. The maximum atomic E-state index is 12.0. The summed E-state index contributed by atoms with van der Waals surface area (Å²) in [5.41, 5.74) is 0.996. The quantitative estimate of drug-likeness (QED) is 0.822. The fraction of sp³-hybridized carbons (Fsp3) is 0.462. The van der Waals surface area contributed by atoms with Crippen molar-refractivity contribution in [2.45, 2.75) is 39.5 Å². The Labute approximate surface area is 120 Å². The number of aromatic nitrogens is 2. The molecule has 0 radical (unpaired) electrons. The van der Waals surface area contributed by atoms with Crippen molar-refractivity contribution in [3.63, 3.8) is 0 Å². The second-order valence-corrected chi connectivity index (χ2v) is 6.32. The molecule has 0 atom stereocenters. The van der Waals surface area contributed by atoms with E-state index in [2.05, 4.69) is 22.4 Å². The second kappa shape index (κ2) is 6.77. The highest BCUT2D eigenvalue weighted by Crippen LogP contribution is 2.21. The molecular weight excluding hydrogens is 278 g/mol. The van der Waals surface area contributed by atoms with E-state index in [-0.39, 0.29) is 5.91 Å². The largest absolute Gasteiger partial charge is 0.296 e. The van der Waals surface area contributed by atoms with E-state index in [4.69, 9.17) is 0 Å². The van der Waals surface area contributed by atoms with Crippen LogP contribution in [0, 0.1) is 6.92 Å². The first-order valence-electron chi connectivity index (χ1n) is 6.38. The Kier molecular flexibility index (Phi) is 5.04. The lowest BCUT2D eigenvalue weighted by Gasteiger charge is -1.98. The summed E-state index contributed by atoms with van der Waals surface area (Å²) in [6.45, 7) is 4.11. The van der Waals surface area contributed by atoms with Gasteiger partial charge in [0.1, 0.15) is 5.01 Å². The highest BCUT2D eigenvalue weighted by atomic mass is 32.1. The number of hydrogen-bond donors (Lipinski definition) is 1. The Bertz CT molecular complexity index is 548. The predicted molar refractivity (Wildman–Crippen MR) is 80.1 cm³/mol. The molecule has 0 fully saturated rings. The van der Waals surface area contributed by atoms with Crippen molar-refractivity contribution in [3.8, 4) is 0 Å². The Morgan fingerprint density at radius 2 is 2.21 bits per heavy atom. The lowest BCUT2D eigenvalue weighted by atomic mass is 10.2. The van der Waals surface area contributed by atoms with Gasteiger partial charge in [0.05, 0.1) is 4.88 Å². The molecule has 1 N–H and O–H groups in total.